The van der Waals surface area contributed by atoms with Crippen molar-refractivity contribution in [1.82, 2.24) is 0 Å². The molecule has 0 saturated carbocycles. The predicted molar refractivity (Wildman–Crippen MR) is 72.7 cm³/mol. The lowest BCUT2D eigenvalue weighted by molar-refractivity contribution is 0.726. The third-order valence-electron chi connectivity index (χ3n) is 2.82. The molecule has 1 rings (SSSR count). The van der Waals surface area contributed by atoms with Gasteiger partial charge in [0.25, 0.3) is 0 Å². The Kier molecular flexibility index (Phi) is 7.49. The highest BCUT2D eigenvalue weighted by atomic mass is 14.0. The topological polar surface area (TPSA) is 0 Å². The molecule has 0 bridgehead atoms. The van der Waals surface area contributed by atoms with E-state index in [4.69, 9.17) is 0 Å². The maximum absolute atomic E-state index is 2.35. The lowest BCUT2D eigenvalue weighted by Crippen LogP contribution is -1.82. The number of hydrogen-bond donors (Lipinski definition) is 0. The van der Waals surface area contributed by atoms with Crippen molar-refractivity contribution >= 4 is 0 Å². The van der Waals surface area contributed by atoms with Crippen LogP contribution < -0.4 is 0 Å². The van der Waals surface area contributed by atoms with Crippen LogP contribution in [0.4, 0.5) is 0 Å². The summed E-state index contributed by atoms with van der Waals surface area (Å²) in [6.07, 6.45) is 13.7. The fraction of sp³-hybridized carbons (Fsp3) is 0.500. The van der Waals surface area contributed by atoms with E-state index in [0.29, 0.717) is 0 Å². The molecule has 0 amide bonds. The molecule has 0 atom stereocenters. The summed E-state index contributed by atoms with van der Waals surface area (Å²) in [6, 6.07) is 10.7. The summed E-state index contributed by atoms with van der Waals surface area (Å²) in [4.78, 5) is 0. The van der Waals surface area contributed by atoms with Gasteiger partial charge in [0.1, 0.15) is 0 Å². The molecule has 0 fully saturated rings. The zero-order chi connectivity index (χ0) is 11.5. The van der Waals surface area contributed by atoms with Crippen LogP contribution in [0, 0.1) is 0 Å². The van der Waals surface area contributed by atoms with Crippen LogP contribution >= 0.6 is 0 Å². The molecule has 0 spiro atoms. The zero-order valence-corrected chi connectivity index (χ0v) is 10.5. The number of unbranched alkanes of at least 4 members (excludes halogenated alkanes) is 4. The van der Waals surface area contributed by atoms with Crippen LogP contribution in [0.2, 0.25) is 0 Å². The molecule has 88 valence electrons. The lowest BCUT2D eigenvalue weighted by Gasteiger charge is -1.98. The van der Waals surface area contributed by atoms with Crippen LogP contribution in [0.15, 0.2) is 42.5 Å². The summed E-state index contributed by atoms with van der Waals surface area (Å²) in [5, 5.41) is 0. The van der Waals surface area contributed by atoms with Crippen LogP contribution in [0.5, 0.6) is 0 Å². The van der Waals surface area contributed by atoms with Gasteiger partial charge in [-0.1, -0.05) is 62.2 Å². The Bertz CT molecular complexity index is 271. The van der Waals surface area contributed by atoms with Crippen LogP contribution in [-0.2, 0) is 6.42 Å². The van der Waals surface area contributed by atoms with Gasteiger partial charge in [-0.05, 0) is 37.7 Å². The molecular weight excluding hydrogens is 192 g/mol. The average Bonchev–Trinajstić information content (AvgIpc) is 2.34. The Hall–Kier alpha value is -1.04. The van der Waals surface area contributed by atoms with Gasteiger partial charge in [0.2, 0.25) is 0 Å². The minimum Gasteiger partial charge on any atom is -0.0885 e. The molecule has 0 heteroatoms. The Labute approximate surface area is 100 Å². The Morgan fingerprint density at radius 3 is 2.25 bits per heavy atom. The van der Waals surface area contributed by atoms with Crippen LogP contribution in [0.1, 0.15) is 51.0 Å². The van der Waals surface area contributed by atoms with Gasteiger partial charge in [-0.2, -0.15) is 0 Å². The van der Waals surface area contributed by atoms with Crippen molar-refractivity contribution in [1.29, 1.82) is 0 Å². The number of hydrogen-bond acceptors (Lipinski definition) is 0. The quantitative estimate of drug-likeness (QED) is 0.416. The van der Waals surface area contributed by atoms with Crippen molar-refractivity contribution in [3.8, 4) is 0 Å². The first-order valence-electron chi connectivity index (χ1n) is 6.62. The number of benzene rings is 1. The molecule has 0 aliphatic carbocycles. The van der Waals surface area contributed by atoms with Gasteiger partial charge in [-0.3, -0.25) is 0 Å². The Balaban J connectivity index is 1.99. The van der Waals surface area contributed by atoms with Gasteiger partial charge in [-0.25, -0.2) is 0 Å². The van der Waals surface area contributed by atoms with Gasteiger partial charge < -0.3 is 0 Å². The van der Waals surface area contributed by atoms with E-state index in [1.165, 1.54) is 50.5 Å². The second-order valence-corrected chi connectivity index (χ2v) is 4.35. The molecule has 0 aliphatic heterocycles. The van der Waals surface area contributed by atoms with Crippen molar-refractivity contribution in [3.05, 3.63) is 48.0 Å². The number of rotatable bonds is 8. The molecule has 0 unspecified atom stereocenters. The second kappa shape index (κ2) is 9.21. The van der Waals surface area contributed by atoms with Crippen molar-refractivity contribution in [2.45, 2.75) is 51.9 Å². The molecule has 1 aromatic rings. The normalized spacial score (nSPS) is 11.1. The van der Waals surface area contributed by atoms with E-state index in [2.05, 4.69) is 49.4 Å². The minimum absolute atomic E-state index is 1.21. The van der Waals surface area contributed by atoms with Gasteiger partial charge in [-0.15, -0.1) is 0 Å². The standard InChI is InChI=1S/C16H24/c1-2-3-4-5-6-7-8-10-13-16-14-11-9-12-15-16/h6-7,9,11-12,14-15H,2-5,8,10,13H2,1H3. The highest BCUT2D eigenvalue weighted by Crippen LogP contribution is 2.06. The van der Waals surface area contributed by atoms with Crippen LogP contribution in [-0.4, -0.2) is 0 Å². The summed E-state index contributed by atoms with van der Waals surface area (Å²) in [7, 11) is 0. The van der Waals surface area contributed by atoms with Gasteiger partial charge in [0.15, 0.2) is 0 Å². The first-order chi connectivity index (χ1) is 7.93. The smallest absolute Gasteiger partial charge is 0.0276 e. The molecule has 0 saturated heterocycles. The molecule has 0 aliphatic rings. The summed E-state index contributed by atoms with van der Waals surface area (Å²) < 4.78 is 0. The largest absolute Gasteiger partial charge is 0.0885 e. The monoisotopic (exact) mass is 216 g/mol. The van der Waals surface area contributed by atoms with E-state index >= 15 is 0 Å². The predicted octanol–water partition coefficient (Wildman–Crippen LogP) is 5.15. The lowest BCUT2D eigenvalue weighted by atomic mass is 10.1. The third-order valence-corrected chi connectivity index (χ3v) is 2.82. The molecular formula is C16H24. The minimum atomic E-state index is 1.21. The van der Waals surface area contributed by atoms with Crippen molar-refractivity contribution < 1.29 is 0 Å². The Morgan fingerprint density at radius 2 is 1.56 bits per heavy atom. The fourth-order valence-electron chi connectivity index (χ4n) is 1.82. The van der Waals surface area contributed by atoms with E-state index < -0.39 is 0 Å². The molecule has 16 heavy (non-hydrogen) atoms. The summed E-state index contributed by atoms with van der Waals surface area (Å²) in [5.74, 6) is 0. The molecule has 0 aromatic heterocycles. The number of allylic oxidation sites excluding steroid dienone is 2. The molecule has 1 aromatic carbocycles. The maximum Gasteiger partial charge on any atom is -0.0276 e. The molecule has 0 N–H and O–H groups in total. The second-order valence-electron chi connectivity index (χ2n) is 4.35. The van der Waals surface area contributed by atoms with Gasteiger partial charge in [0.05, 0.1) is 0 Å². The van der Waals surface area contributed by atoms with E-state index in [-0.39, 0.29) is 0 Å². The maximum atomic E-state index is 2.35. The van der Waals surface area contributed by atoms with Crippen molar-refractivity contribution in [3.63, 3.8) is 0 Å². The van der Waals surface area contributed by atoms with Gasteiger partial charge >= 0.3 is 0 Å². The first kappa shape index (κ1) is 13.0. The molecule has 0 heterocycles. The summed E-state index contributed by atoms with van der Waals surface area (Å²) >= 11 is 0. The average molecular weight is 216 g/mol. The van der Waals surface area contributed by atoms with Crippen molar-refractivity contribution in [2.75, 3.05) is 0 Å². The SMILES string of the molecule is CCCCCC=CCCCc1ccccc1. The van der Waals surface area contributed by atoms with Crippen LogP contribution in [0.25, 0.3) is 0 Å². The first-order valence-corrected chi connectivity index (χ1v) is 6.62. The highest BCUT2D eigenvalue weighted by Gasteiger charge is 1.89. The summed E-state index contributed by atoms with van der Waals surface area (Å²) in [5.41, 5.74) is 1.46. The van der Waals surface area contributed by atoms with E-state index in [0.717, 1.165) is 0 Å². The van der Waals surface area contributed by atoms with E-state index in [1.807, 2.05) is 0 Å². The summed E-state index contributed by atoms with van der Waals surface area (Å²) in [6.45, 7) is 2.25. The van der Waals surface area contributed by atoms with Gasteiger partial charge in [0, 0.05) is 0 Å². The molecule has 0 nitrogen and oxygen atoms in total. The zero-order valence-electron chi connectivity index (χ0n) is 10.5. The van der Waals surface area contributed by atoms with E-state index in [1.54, 1.807) is 0 Å². The third kappa shape index (κ3) is 6.44. The number of aryl methyl sites for hydroxylation is 1. The molecule has 0 radical (unpaired) electrons. The van der Waals surface area contributed by atoms with Crippen LogP contribution in [0.3, 0.4) is 0 Å². The Morgan fingerprint density at radius 1 is 0.875 bits per heavy atom. The van der Waals surface area contributed by atoms with Crippen molar-refractivity contribution in [2.24, 2.45) is 0 Å². The fourth-order valence-corrected chi connectivity index (χ4v) is 1.82. The van der Waals surface area contributed by atoms with E-state index in [9.17, 15) is 0 Å². The highest BCUT2D eigenvalue weighted by molar-refractivity contribution is 5.14.